The third-order valence-electron chi connectivity index (χ3n) is 7.52. The summed E-state index contributed by atoms with van der Waals surface area (Å²) in [5, 5.41) is 19.8. The van der Waals surface area contributed by atoms with E-state index in [1.165, 1.54) is 18.5 Å². The molecule has 4 amide bonds. The van der Waals surface area contributed by atoms with Gasteiger partial charge in [0.2, 0.25) is 11.8 Å². The normalized spacial score (nSPS) is 14.0. The topological polar surface area (TPSA) is 154 Å². The van der Waals surface area contributed by atoms with E-state index in [0.717, 1.165) is 5.56 Å². The summed E-state index contributed by atoms with van der Waals surface area (Å²) in [4.78, 5) is 62.2. The highest BCUT2D eigenvalue weighted by Gasteiger charge is 2.30. The van der Waals surface area contributed by atoms with E-state index >= 15 is 0 Å². The number of aromatic nitrogens is 2. The van der Waals surface area contributed by atoms with Crippen molar-refractivity contribution in [3.8, 4) is 0 Å². The lowest BCUT2D eigenvalue weighted by atomic mass is 9.91. The number of aliphatic hydroxyl groups excluding tert-OH is 1. The number of nitrogens with one attached hydrogen (secondary N) is 3. The summed E-state index contributed by atoms with van der Waals surface area (Å²) in [6.07, 6.45) is 5.68. The average Bonchev–Trinajstić information content (AvgIpc) is 3.00. The molecule has 4 N–H and O–H groups in total. The minimum Gasteiger partial charge on any atom is -0.391 e. The quantitative estimate of drug-likeness (QED) is 0.210. The minimum absolute atomic E-state index is 0.0825. The first-order valence-corrected chi connectivity index (χ1v) is 15.9. The Morgan fingerprint density at radius 1 is 0.844 bits per heavy atom. The summed E-state index contributed by atoms with van der Waals surface area (Å²) in [6, 6.07) is 3.84. The maximum Gasteiger partial charge on any atom is 0.255 e. The van der Waals surface area contributed by atoms with Crippen LogP contribution in [0.2, 0.25) is 0 Å². The zero-order valence-electron chi connectivity index (χ0n) is 28.0. The number of rotatable bonds is 17. The standard InChI is InChI=1S/C34H52N6O5/c1-9-40(20-25-10-12-35-13-11-25)34(45)27-16-26(18-36-19-27)32(43)38-28(14-21(2)3)29(41)15-24(8)31(42)39-30(23(6)7)33(44)37-17-22(4)5/h10-13,16,18-19,21-24,28-30,41H,9,14-15,17,20H2,1-8H3,(H,37,44)(H,38,43)(H,39,42). The fraction of sp³-hybridized carbons (Fsp3) is 0.588. The molecule has 2 heterocycles. The number of amides is 4. The van der Waals surface area contributed by atoms with E-state index in [2.05, 4.69) is 25.9 Å². The summed E-state index contributed by atoms with van der Waals surface area (Å²) in [6.45, 7) is 16.6. The van der Waals surface area contributed by atoms with Crippen molar-refractivity contribution in [3.63, 3.8) is 0 Å². The number of hydrogen-bond donors (Lipinski definition) is 4. The molecule has 0 aromatic carbocycles. The van der Waals surface area contributed by atoms with Gasteiger partial charge in [-0.05, 0) is 61.3 Å². The van der Waals surface area contributed by atoms with Gasteiger partial charge in [-0.2, -0.15) is 0 Å². The molecule has 11 nitrogen and oxygen atoms in total. The fourth-order valence-corrected chi connectivity index (χ4v) is 4.85. The van der Waals surface area contributed by atoms with Gasteiger partial charge < -0.3 is 26.0 Å². The highest BCUT2D eigenvalue weighted by Crippen LogP contribution is 2.18. The lowest BCUT2D eigenvalue weighted by molar-refractivity contribution is -0.132. The molecule has 0 bridgehead atoms. The van der Waals surface area contributed by atoms with Gasteiger partial charge >= 0.3 is 0 Å². The van der Waals surface area contributed by atoms with E-state index in [9.17, 15) is 24.3 Å². The van der Waals surface area contributed by atoms with Crippen molar-refractivity contribution in [2.24, 2.45) is 23.7 Å². The molecule has 0 saturated heterocycles. The van der Waals surface area contributed by atoms with Gasteiger partial charge in [0, 0.05) is 50.3 Å². The molecular weight excluding hydrogens is 572 g/mol. The molecule has 2 aromatic rings. The molecule has 0 fully saturated rings. The minimum atomic E-state index is -1.03. The van der Waals surface area contributed by atoms with E-state index in [1.54, 1.807) is 24.2 Å². The van der Waals surface area contributed by atoms with Crippen LogP contribution in [0.3, 0.4) is 0 Å². The lowest BCUT2D eigenvalue weighted by Crippen LogP contribution is -2.52. The molecule has 2 rings (SSSR count). The van der Waals surface area contributed by atoms with Crippen molar-refractivity contribution < 1.29 is 24.3 Å². The van der Waals surface area contributed by atoms with E-state index in [4.69, 9.17) is 0 Å². The van der Waals surface area contributed by atoms with Gasteiger partial charge in [-0.3, -0.25) is 29.1 Å². The van der Waals surface area contributed by atoms with Crippen LogP contribution in [0.4, 0.5) is 0 Å². The number of nitrogens with zero attached hydrogens (tertiary/aromatic N) is 3. The van der Waals surface area contributed by atoms with Crippen molar-refractivity contribution in [1.82, 2.24) is 30.8 Å². The molecule has 2 aromatic heterocycles. The molecule has 0 radical (unpaired) electrons. The molecule has 0 saturated carbocycles. The van der Waals surface area contributed by atoms with E-state index in [1.807, 2.05) is 60.6 Å². The molecule has 0 aliphatic rings. The second-order valence-corrected chi connectivity index (χ2v) is 12.9. The molecule has 0 spiro atoms. The number of pyridine rings is 2. The molecule has 4 atom stereocenters. The molecular formula is C34H52N6O5. The van der Waals surface area contributed by atoms with Crippen LogP contribution in [0.25, 0.3) is 0 Å². The SMILES string of the molecule is CCN(Cc1ccncc1)C(=O)c1cncc(C(=O)NC(CC(C)C)C(O)CC(C)C(=O)NC(C(=O)NCC(C)C)C(C)C)c1. The largest absolute Gasteiger partial charge is 0.391 e. The van der Waals surface area contributed by atoms with Crippen LogP contribution in [0.5, 0.6) is 0 Å². The van der Waals surface area contributed by atoms with Crippen LogP contribution in [-0.4, -0.2) is 74.9 Å². The maximum atomic E-state index is 13.4. The number of carbonyl (C=O) groups excluding carboxylic acids is 4. The molecule has 4 unspecified atom stereocenters. The van der Waals surface area contributed by atoms with E-state index in [0.29, 0.717) is 26.1 Å². The van der Waals surface area contributed by atoms with Crippen molar-refractivity contribution in [3.05, 3.63) is 59.7 Å². The predicted molar refractivity (Wildman–Crippen MR) is 174 cm³/mol. The van der Waals surface area contributed by atoms with Gasteiger partial charge in [0.15, 0.2) is 0 Å². The molecule has 11 heteroatoms. The average molecular weight is 625 g/mol. The van der Waals surface area contributed by atoms with Gasteiger partial charge in [0.1, 0.15) is 6.04 Å². The number of hydrogen-bond acceptors (Lipinski definition) is 7. The lowest BCUT2D eigenvalue weighted by Gasteiger charge is -2.29. The van der Waals surface area contributed by atoms with Crippen molar-refractivity contribution in [2.45, 2.75) is 93.0 Å². The first-order chi connectivity index (χ1) is 21.2. The Balaban J connectivity index is 2.11. The van der Waals surface area contributed by atoms with Crippen molar-refractivity contribution in [2.75, 3.05) is 13.1 Å². The van der Waals surface area contributed by atoms with E-state index in [-0.39, 0.29) is 53.0 Å². The van der Waals surface area contributed by atoms with Crippen LogP contribution in [-0.2, 0) is 16.1 Å². The van der Waals surface area contributed by atoms with Crippen LogP contribution >= 0.6 is 0 Å². The summed E-state index contributed by atoms with van der Waals surface area (Å²) < 4.78 is 0. The van der Waals surface area contributed by atoms with E-state index < -0.39 is 30.0 Å². The summed E-state index contributed by atoms with van der Waals surface area (Å²) in [7, 11) is 0. The van der Waals surface area contributed by atoms with Crippen LogP contribution in [0, 0.1) is 23.7 Å². The third kappa shape index (κ3) is 12.2. The first-order valence-electron chi connectivity index (χ1n) is 15.9. The Hall–Kier alpha value is -3.86. The monoisotopic (exact) mass is 624 g/mol. The van der Waals surface area contributed by atoms with Crippen LogP contribution in [0.1, 0.15) is 94.5 Å². The van der Waals surface area contributed by atoms with Crippen LogP contribution in [0.15, 0.2) is 43.0 Å². The highest BCUT2D eigenvalue weighted by atomic mass is 16.3. The number of carbonyl (C=O) groups is 4. The molecule has 0 aliphatic carbocycles. The Bertz CT molecular complexity index is 1250. The van der Waals surface area contributed by atoms with Gasteiger partial charge in [0.25, 0.3) is 11.8 Å². The summed E-state index contributed by atoms with van der Waals surface area (Å²) in [5.74, 6) is -1.63. The molecule has 45 heavy (non-hydrogen) atoms. The highest BCUT2D eigenvalue weighted by molar-refractivity contribution is 5.99. The third-order valence-corrected chi connectivity index (χ3v) is 7.52. The van der Waals surface area contributed by atoms with Crippen molar-refractivity contribution in [1.29, 1.82) is 0 Å². The first kappa shape index (κ1) is 37.3. The Morgan fingerprint density at radius 2 is 1.49 bits per heavy atom. The zero-order chi connectivity index (χ0) is 33.7. The van der Waals surface area contributed by atoms with Gasteiger partial charge in [0.05, 0.1) is 23.3 Å². The Kier molecular flexibility index (Phi) is 15.1. The Morgan fingerprint density at radius 3 is 2.07 bits per heavy atom. The maximum absolute atomic E-state index is 13.4. The number of aliphatic hydroxyl groups is 1. The van der Waals surface area contributed by atoms with Crippen molar-refractivity contribution >= 4 is 23.6 Å². The van der Waals surface area contributed by atoms with Gasteiger partial charge in [-0.1, -0.05) is 48.5 Å². The van der Waals surface area contributed by atoms with Gasteiger partial charge in [-0.25, -0.2) is 0 Å². The zero-order valence-corrected chi connectivity index (χ0v) is 28.0. The molecule has 248 valence electrons. The summed E-state index contributed by atoms with van der Waals surface area (Å²) >= 11 is 0. The fourth-order valence-electron chi connectivity index (χ4n) is 4.85. The smallest absolute Gasteiger partial charge is 0.255 e. The second-order valence-electron chi connectivity index (χ2n) is 12.9. The predicted octanol–water partition coefficient (Wildman–Crippen LogP) is 3.58. The summed E-state index contributed by atoms with van der Waals surface area (Å²) in [5.41, 5.74) is 1.41. The Labute approximate surface area is 268 Å². The van der Waals surface area contributed by atoms with Gasteiger partial charge in [-0.15, -0.1) is 0 Å². The van der Waals surface area contributed by atoms with Crippen LogP contribution < -0.4 is 16.0 Å². The molecule has 0 aliphatic heterocycles. The second kappa shape index (κ2) is 18.2.